The first kappa shape index (κ1) is 18.3. The summed E-state index contributed by atoms with van der Waals surface area (Å²) >= 11 is 0. The van der Waals surface area contributed by atoms with Crippen LogP contribution in [0.5, 0.6) is 11.5 Å². The van der Waals surface area contributed by atoms with Crippen molar-refractivity contribution in [1.29, 1.82) is 0 Å². The molecule has 2 aromatic carbocycles. The molecule has 0 aliphatic heterocycles. The smallest absolute Gasteiger partial charge is 0.159 e. The molecule has 27 heavy (non-hydrogen) atoms. The fourth-order valence-electron chi connectivity index (χ4n) is 2.58. The van der Waals surface area contributed by atoms with Gasteiger partial charge >= 0.3 is 0 Å². The molecule has 7 heteroatoms. The molecule has 0 aliphatic carbocycles. The first-order chi connectivity index (χ1) is 13.1. The van der Waals surface area contributed by atoms with E-state index < -0.39 is 0 Å². The maximum absolute atomic E-state index is 6.27. The lowest BCUT2D eigenvalue weighted by atomic mass is 10.1. The summed E-state index contributed by atoms with van der Waals surface area (Å²) in [7, 11) is 3.20. The van der Waals surface area contributed by atoms with E-state index in [4.69, 9.17) is 15.2 Å². The lowest BCUT2D eigenvalue weighted by Crippen LogP contribution is -2.06. The maximum atomic E-state index is 6.27. The van der Waals surface area contributed by atoms with Crippen molar-refractivity contribution in [3.63, 3.8) is 0 Å². The fraction of sp³-hybridized carbons (Fsp3) is 0.200. The van der Waals surface area contributed by atoms with Crippen molar-refractivity contribution in [2.45, 2.75) is 13.3 Å². The van der Waals surface area contributed by atoms with Gasteiger partial charge in [-0.15, -0.1) is 0 Å². The molecule has 7 nitrogen and oxygen atoms in total. The van der Waals surface area contributed by atoms with Gasteiger partial charge in [0.05, 0.1) is 19.9 Å². The van der Waals surface area contributed by atoms with E-state index in [0.717, 1.165) is 17.8 Å². The van der Waals surface area contributed by atoms with Gasteiger partial charge in [-0.3, -0.25) is 0 Å². The van der Waals surface area contributed by atoms with E-state index in [2.05, 4.69) is 39.7 Å². The Balaban J connectivity index is 1.84. The maximum Gasteiger partial charge on any atom is 0.159 e. The van der Waals surface area contributed by atoms with Gasteiger partial charge in [0.15, 0.2) is 11.6 Å². The van der Waals surface area contributed by atoms with E-state index in [1.54, 1.807) is 20.3 Å². The van der Waals surface area contributed by atoms with Crippen molar-refractivity contribution in [2.75, 3.05) is 30.6 Å². The minimum atomic E-state index is 0.412. The first-order valence-electron chi connectivity index (χ1n) is 8.60. The van der Waals surface area contributed by atoms with Crippen LogP contribution >= 0.6 is 0 Å². The third-order valence-electron chi connectivity index (χ3n) is 4.17. The highest BCUT2D eigenvalue weighted by Crippen LogP contribution is 2.34. The highest BCUT2D eigenvalue weighted by molar-refractivity contribution is 5.81. The zero-order valence-corrected chi connectivity index (χ0v) is 15.6. The van der Waals surface area contributed by atoms with Crippen molar-refractivity contribution in [3.05, 3.63) is 54.4 Å². The average molecular weight is 365 g/mol. The van der Waals surface area contributed by atoms with Crippen LogP contribution in [0.4, 0.5) is 28.7 Å². The number of nitrogens with one attached hydrogen (secondary N) is 2. The quantitative estimate of drug-likeness (QED) is 0.579. The largest absolute Gasteiger partial charge is 0.497 e. The van der Waals surface area contributed by atoms with Gasteiger partial charge in [0.1, 0.15) is 23.5 Å². The summed E-state index contributed by atoms with van der Waals surface area (Å²) in [6, 6.07) is 13.6. The minimum absolute atomic E-state index is 0.412. The third kappa shape index (κ3) is 4.20. The third-order valence-corrected chi connectivity index (χ3v) is 4.17. The van der Waals surface area contributed by atoms with Gasteiger partial charge < -0.3 is 25.8 Å². The normalized spacial score (nSPS) is 10.3. The summed E-state index contributed by atoms with van der Waals surface area (Å²) < 4.78 is 10.6. The number of benzene rings is 2. The van der Waals surface area contributed by atoms with E-state index in [9.17, 15) is 0 Å². The van der Waals surface area contributed by atoms with Gasteiger partial charge in [-0.2, -0.15) is 0 Å². The van der Waals surface area contributed by atoms with Gasteiger partial charge in [-0.25, -0.2) is 9.97 Å². The highest BCUT2D eigenvalue weighted by Gasteiger charge is 2.12. The molecule has 3 rings (SSSR count). The van der Waals surface area contributed by atoms with Crippen LogP contribution < -0.4 is 25.8 Å². The number of hydrogen-bond acceptors (Lipinski definition) is 7. The molecule has 1 heterocycles. The van der Waals surface area contributed by atoms with E-state index in [1.807, 2.05) is 24.3 Å². The average Bonchev–Trinajstić information content (AvgIpc) is 2.71. The zero-order valence-electron chi connectivity index (χ0n) is 15.6. The number of nitrogens with two attached hydrogens (primary N) is 1. The van der Waals surface area contributed by atoms with Gasteiger partial charge in [-0.1, -0.05) is 19.1 Å². The Morgan fingerprint density at radius 2 is 1.63 bits per heavy atom. The van der Waals surface area contributed by atoms with Crippen molar-refractivity contribution in [1.82, 2.24) is 9.97 Å². The Morgan fingerprint density at radius 3 is 2.26 bits per heavy atom. The molecular formula is C20H23N5O2. The molecule has 1 aromatic heterocycles. The molecule has 3 aromatic rings. The van der Waals surface area contributed by atoms with Gasteiger partial charge in [0.2, 0.25) is 0 Å². The van der Waals surface area contributed by atoms with Crippen LogP contribution in [0.1, 0.15) is 12.5 Å². The van der Waals surface area contributed by atoms with Crippen LogP contribution in [-0.4, -0.2) is 24.2 Å². The lowest BCUT2D eigenvalue weighted by Gasteiger charge is -2.15. The molecule has 0 amide bonds. The zero-order chi connectivity index (χ0) is 19.2. The Labute approximate surface area is 158 Å². The number of rotatable bonds is 7. The summed E-state index contributed by atoms with van der Waals surface area (Å²) in [4.78, 5) is 8.50. The molecule has 0 saturated carbocycles. The molecule has 0 aliphatic rings. The Morgan fingerprint density at radius 1 is 0.926 bits per heavy atom. The number of aryl methyl sites for hydroxylation is 1. The van der Waals surface area contributed by atoms with Crippen molar-refractivity contribution >= 4 is 28.7 Å². The van der Waals surface area contributed by atoms with Gasteiger partial charge in [-0.05, 0) is 36.2 Å². The van der Waals surface area contributed by atoms with Crippen molar-refractivity contribution in [3.8, 4) is 11.5 Å². The molecule has 0 atom stereocenters. The number of aromatic nitrogens is 2. The van der Waals surface area contributed by atoms with E-state index in [1.165, 1.54) is 11.9 Å². The molecular weight excluding hydrogens is 342 g/mol. The van der Waals surface area contributed by atoms with Crippen LogP contribution in [0.25, 0.3) is 0 Å². The number of methoxy groups -OCH3 is 2. The Hall–Kier alpha value is -3.48. The monoisotopic (exact) mass is 365 g/mol. The number of nitrogen functional groups attached to an aromatic ring is 1. The van der Waals surface area contributed by atoms with Crippen LogP contribution in [0.3, 0.4) is 0 Å². The number of hydrogen-bond donors (Lipinski definition) is 3. The van der Waals surface area contributed by atoms with Crippen LogP contribution in [-0.2, 0) is 6.42 Å². The van der Waals surface area contributed by atoms with Crippen LogP contribution in [0, 0.1) is 0 Å². The molecule has 0 saturated heterocycles. The number of nitrogens with zero attached hydrogens (tertiary/aromatic N) is 2. The van der Waals surface area contributed by atoms with Crippen molar-refractivity contribution in [2.24, 2.45) is 0 Å². The van der Waals surface area contributed by atoms with Crippen LogP contribution in [0.2, 0.25) is 0 Å². The lowest BCUT2D eigenvalue weighted by molar-refractivity contribution is 0.395. The minimum Gasteiger partial charge on any atom is -0.497 e. The molecule has 0 bridgehead atoms. The molecule has 0 fully saturated rings. The summed E-state index contributed by atoms with van der Waals surface area (Å²) in [6.07, 6.45) is 2.45. The summed E-state index contributed by atoms with van der Waals surface area (Å²) in [5.74, 6) is 2.34. The van der Waals surface area contributed by atoms with E-state index >= 15 is 0 Å². The molecule has 140 valence electrons. The SMILES string of the molecule is CCc1ccc(Nc2ncnc(Nc3ccc(OC)cc3OC)c2N)cc1. The Kier molecular flexibility index (Phi) is 5.61. The second-order valence-electron chi connectivity index (χ2n) is 5.85. The van der Waals surface area contributed by atoms with Crippen LogP contribution in [0.15, 0.2) is 48.8 Å². The predicted molar refractivity (Wildman–Crippen MR) is 108 cm³/mol. The Bertz CT molecular complexity index is 913. The van der Waals surface area contributed by atoms with Gasteiger partial charge in [0.25, 0.3) is 0 Å². The molecule has 4 N–H and O–H groups in total. The number of ether oxygens (including phenoxy) is 2. The molecule has 0 radical (unpaired) electrons. The standard InChI is InChI=1S/C20H23N5O2/c1-4-13-5-7-14(8-6-13)24-19-18(21)20(23-12-22-19)25-16-10-9-15(26-2)11-17(16)27-3/h5-12H,4,21H2,1-3H3,(H2,22,23,24,25). The fourth-order valence-corrected chi connectivity index (χ4v) is 2.58. The van der Waals surface area contributed by atoms with E-state index in [0.29, 0.717) is 28.8 Å². The predicted octanol–water partition coefficient (Wildman–Crippen LogP) is 4.13. The van der Waals surface area contributed by atoms with Crippen molar-refractivity contribution < 1.29 is 9.47 Å². The molecule has 0 unspecified atom stereocenters. The second-order valence-corrected chi connectivity index (χ2v) is 5.85. The molecule has 0 spiro atoms. The van der Waals surface area contributed by atoms with Gasteiger partial charge in [0, 0.05) is 11.8 Å². The topological polar surface area (TPSA) is 94.3 Å². The highest BCUT2D eigenvalue weighted by atomic mass is 16.5. The summed E-state index contributed by atoms with van der Waals surface area (Å²) in [5.41, 5.74) is 9.58. The summed E-state index contributed by atoms with van der Waals surface area (Å²) in [6.45, 7) is 2.12. The van der Waals surface area contributed by atoms with E-state index in [-0.39, 0.29) is 0 Å². The first-order valence-corrected chi connectivity index (χ1v) is 8.60. The second kappa shape index (κ2) is 8.27. The number of anilines is 5. The summed E-state index contributed by atoms with van der Waals surface area (Å²) in [5, 5.41) is 6.42.